The van der Waals surface area contributed by atoms with Gasteiger partial charge < -0.3 is 0 Å². The molecule has 0 saturated carbocycles. The first-order valence-electron chi connectivity index (χ1n) is 10.7. The van der Waals surface area contributed by atoms with Crippen molar-refractivity contribution < 1.29 is 19.2 Å². The Kier molecular flexibility index (Phi) is 4.21. The lowest BCUT2D eigenvalue weighted by Crippen LogP contribution is -2.33. The average molecular weight is 444 g/mol. The maximum atomic E-state index is 13.4. The molecule has 6 nitrogen and oxygen atoms in total. The van der Waals surface area contributed by atoms with Crippen LogP contribution in [-0.4, -0.2) is 23.1 Å². The van der Waals surface area contributed by atoms with Crippen LogP contribution < -0.4 is 10.9 Å². The van der Waals surface area contributed by atoms with E-state index in [4.69, 9.17) is 5.84 Å². The molecule has 6 heteroatoms. The fraction of sp³-hybridized carbons (Fsp3) is 0. The van der Waals surface area contributed by atoms with E-state index >= 15 is 0 Å². The lowest BCUT2D eigenvalue weighted by Gasteiger charge is -2.28. The van der Waals surface area contributed by atoms with Crippen molar-refractivity contribution in [3.05, 3.63) is 129 Å². The zero-order valence-corrected chi connectivity index (χ0v) is 17.7. The van der Waals surface area contributed by atoms with Gasteiger partial charge in [0.1, 0.15) is 0 Å². The molecule has 2 aliphatic carbocycles. The number of fused-ring (bicyclic) bond motifs is 4. The summed E-state index contributed by atoms with van der Waals surface area (Å²) >= 11 is 0. The van der Waals surface area contributed by atoms with E-state index in [1.165, 1.54) is 5.01 Å². The molecule has 0 bridgehead atoms. The lowest BCUT2D eigenvalue weighted by atomic mass is 9.82. The third-order valence-electron chi connectivity index (χ3n) is 6.38. The Bertz CT molecular complexity index is 1480. The highest BCUT2D eigenvalue weighted by Gasteiger charge is 2.35. The molecule has 0 amide bonds. The third-order valence-corrected chi connectivity index (χ3v) is 6.38. The molecule has 4 aromatic carbocycles. The molecule has 6 rings (SSSR count). The van der Waals surface area contributed by atoms with Gasteiger partial charge >= 0.3 is 0 Å². The Hall–Kier alpha value is -4.68. The maximum absolute atomic E-state index is 13.4. The van der Waals surface area contributed by atoms with E-state index < -0.39 is 0 Å². The highest BCUT2D eigenvalue weighted by molar-refractivity contribution is 6.32. The minimum Gasteiger partial charge on any atom is -0.289 e. The Morgan fingerprint density at radius 1 is 0.412 bits per heavy atom. The number of ketones is 4. The van der Waals surface area contributed by atoms with E-state index in [0.717, 1.165) is 0 Å². The topological polar surface area (TPSA) is 97.5 Å². The Labute approximate surface area is 194 Å². The van der Waals surface area contributed by atoms with Crippen molar-refractivity contribution in [3.8, 4) is 0 Å². The van der Waals surface area contributed by atoms with E-state index in [2.05, 4.69) is 0 Å². The first-order chi connectivity index (χ1) is 16.5. The summed E-state index contributed by atoms with van der Waals surface area (Å²) < 4.78 is 0. The fourth-order valence-corrected chi connectivity index (χ4v) is 4.78. The van der Waals surface area contributed by atoms with Crippen LogP contribution in [0.5, 0.6) is 0 Å². The van der Waals surface area contributed by atoms with Gasteiger partial charge in [-0.1, -0.05) is 72.8 Å². The number of hydrogen-bond acceptors (Lipinski definition) is 6. The van der Waals surface area contributed by atoms with Crippen molar-refractivity contribution in [2.75, 3.05) is 5.01 Å². The zero-order valence-electron chi connectivity index (χ0n) is 17.7. The summed E-state index contributed by atoms with van der Waals surface area (Å²) in [5.74, 6) is 5.34. The lowest BCUT2D eigenvalue weighted by molar-refractivity contribution is 0.0979. The van der Waals surface area contributed by atoms with Gasteiger partial charge in [-0.3, -0.25) is 24.2 Å². The van der Waals surface area contributed by atoms with Gasteiger partial charge in [-0.25, -0.2) is 5.84 Å². The summed E-state index contributed by atoms with van der Waals surface area (Å²) in [6.07, 6.45) is 0. The molecule has 0 spiro atoms. The summed E-state index contributed by atoms with van der Waals surface area (Å²) in [6, 6.07) is 23.0. The number of carbonyl (C=O) groups is 4. The molecule has 0 radical (unpaired) electrons. The number of hydrogen-bond donors (Lipinski definition) is 1. The molecule has 0 aliphatic heterocycles. The molecular weight excluding hydrogens is 428 g/mol. The van der Waals surface area contributed by atoms with Gasteiger partial charge in [-0.2, -0.15) is 0 Å². The molecule has 0 saturated heterocycles. The minimum atomic E-state index is -0.325. The van der Waals surface area contributed by atoms with Gasteiger partial charge in [0.2, 0.25) is 0 Å². The summed E-state index contributed by atoms with van der Waals surface area (Å²) in [6.45, 7) is 0. The summed E-state index contributed by atoms with van der Waals surface area (Å²) in [4.78, 5) is 53.1. The van der Waals surface area contributed by atoms with Gasteiger partial charge in [-0.05, 0) is 12.1 Å². The number of nitrogens with zero attached hydrogens (tertiary/aromatic N) is 1. The molecule has 0 aromatic heterocycles. The predicted octanol–water partition coefficient (Wildman–Crippen LogP) is 4.25. The van der Waals surface area contributed by atoms with Crippen LogP contribution in [0.1, 0.15) is 63.7 Å². The van der Waals surface area contributed by atoms with Crippen molar-refractivity contribution in [1.82, 2.24) is 0 Å². The molecular formula is C28H16N2O4. The van der Waals surface area contributed by atoms with Crippen LogP contribution in [0.3, 0.4) is 0 Å². The Morgan fingerprint density at radius 3 is 1.12 bits per heavy atom. The number of nitrogens with two attached hydrogens (primary N) is 1. The normalized spacial score (nSPS) is 13.7. The van der Waals surface area contributed by atoms with Crippen molar-refractivity contribution in [2.45, 2.75) is 0 Å². The second-order valence-electron chi connectivity index (χ2n) is 8.18. The average Bonchev–Trinajstić information content (AvgIpc) is 2.89. The van der Waals surface area contributed by atoms with Crippen molar-refractivity contribution in [2.24, 2.45) is 5.84 Å². The first kappa shape index (κ1) is 20.0. The summed E-state index contributed by atoms with van der Waals surface area (Å²) in [5, 5.41) is 1.22. The molecule has 162 valence electrons. The fourth-order valence-electron chi connectivity index (χ4n) is 4.78. The number of benzene rings is 4. The third kappa shape index (κ3) is 2.60. The standard InChI is InChI=1S/C28H16N2O4/c29-30(21-13-5-11-19-23(21)27(33)17-9-3-1-7-15(17)25(19)31)22-14-6-12-20-24(22)28(34)18-10-4-2-8-16(18)26(20)32/h1-14H,29H2. The Morgan fingerprint density at radius 2 is 0.735 bits per heavy atom. The number of rotatable bonds is 2. The predicted molar refractivity (Wildman–Crippen MR) is 126 cm³/mol. The van der Waals surface area contributed by atoms with E-state index in [-0.39, 0.29) is 56.8 Å². The van der Waals surface area contributed by atoms with Gasteiger partial charge in [0.25, 0.3) is 0 Å². The quantitative estimate of drug-likeness (QED) is 0.317. The van der Waals surface area contributed by atoms with Crippen LogP contribution >= 0.6 is 0 Å². The summed E-state index contributed by atoms with van der Waals surface area (Å²) in [7, 11) is 0. The van der Waals surface area contributed by atoms with Crippen molar-refractivity contribution in [3.63, 3.8) is 0 Å². The SMILES string of the molecule is NN(c1cccc2c1C(=O)c1ccccc1C2=O)c1cccc2c1C(=O)c1ccccc1C2=O. The van der Waals surface area contributed by atoms with Crippen molar-refractivity contribution in [1.29, 1.82) is 0 Å². The van der Waals surface area contributed by atoms with Crippen LogP contribution in [-0.2, 0) is 0 Å². The highest BCUT2D eigenvalue weighted by Crippen LogP contribution is 2.39. The Balaban J connectivity index is 1.54. The van der Waals surface area contributed by atoms with E-state index in [0.29, 0.717) is 22.3 Å². The van der Waals surface area contributed by atoms with E-state index in [1.807, 2.05) is 0 Å². The second kappa shape index (κ2) is 7.16. The first-order valence-corrected chi connectivity index (χ1v) is 10.7. The highest BCUT2D eigenvalue weighted by atomic mass is 16.1. The zero-order chi connectivity index (χ0) is 23.6. The van der Waals surface area contributed by atoms with Gasteiger partial charge in [0.15, 0.2) is 23.1 Å². The van der Waals surface area contributed by atoms with Crippen LogP contribution in [0, 0.1) is 0 Å². The van der Waals surface area contributed by atoms with Gasteiger partial charge in [0.05, 0.1) is 22.5 Å². The molecule has 0 unspecified atom stereocenters. The molecule has 2 N–H and O–H groups in total. The number of hydrazine groups is 1. The van der Waals surface area contributed by atoms with Crippen LogP contribution in [0.15, 0.2) is 84.9 Å². The smallest absolute Gasteiger partial charge is 0.196 e. The van der Waals surface area contributed by atoms with Crippen LogP contribution in [0.25, 0.3) is 0 Å². The molecule has 0 fully saturated rings. The number of anilines is 2. The van der Waals surface area contributed by atoms with Gasteiger partial charge in [0, 0.05) is 33.4 Å². The van der Waals surface area contributed by atoms with Crippen LogP contribution in [0.4, 0.5) is 11.4 Å². The van der Waals surface area contributed by atoms with E-state index in [9.17, 15) is 19.2 Å². The van der Waals surface area contributed by atoms with Gasteiger partial charge in [-0.15, -0.1) is 0 Å². The molecule has 0 atom stereocenters. The molecule has 2 aliphatic rings. The second-order valence-corrected chi connectivity index (χ2v) is 8.18. The minimum absolute atomic E-state index is 0.168. The molecule has 34 heavy (non-hydrogen) atoms. The number of carbonyl (C=O) groups excluding carboxylic acids is 4. The van der Waals surface area contributed by atoms with E-state index in [1.54, 1.807) is 84.9 Å². The monoisotopic (exact) mass is 444 g/mol. The summed E-state index contributed by atoms with van der Waals surface area (Å²) in [5.41, 5.74) is 2.67. The van der Waals surface area contributed by atoms with Crippen molar-refractivity contribution >= 4 is 34.5 Å². The molecule has 4 aromatic rings. The largest absolute Gasteiger partial charge is 0.289 e. The molecule has 0 heterocycles. The maximum Gasteiger partial charge on any atom is 0.196 e. The van der Waals surface area contributed by atoms with Crippen LogP contribution in [0.2, 0.25) is 0 Å².